The molecule has 37 heavy (non-hydrogen) atoms. The molecule has 3 aromatic rings. The lowest BCUT2D eigenvalue weighted by Crippen LogP contribution is -2.47. The van der Waals surface area contributed by atoms with E-state index in [0.717, 1.165) is 58.9 Å². The summed E-state index contributed by atoms with van der Waals surface area (Å²) in [6.45, 7) is 4.90. The number of thiazole rings is 1. The molecule has 0 atom stereocenters. The van der Waals surface area contributed by atoms with Gasteiger partial charge < -0.3 is 30.4 Å². The molecule has 0 saturated carbocycles. The summed E-state index contributed by atoms with van der Waals surface area (Å²) in [5.41, 5.74) is 2.74. The summed E-state index contributed by atoms with van der Waals surface area (Å²) in [4.78, 5) is 29.4. The summed E-state index contributed by atoms with van der Waals surface area (Å²) in [6.07, 6.45) is 3.83. The Morgan fingerprint density at radius 1 is 1.05 bits per heavy atom. The highest BCUT2D eigenvalue weighted by atomic mass is 35.5. The zero-order valence-electron chi connectivity index (χ0n) is 20.9. The van der Waals surface area contributed by atoms with Gasteiger partial charge in [0, 0.05) is 50.3 Å². The number of H-pyrrole nitrogens is 1. The Morgan fingerprint density at radius 3 is 2.57 bits per heavy atom. The zero-order chi connectivity index (χ0) is 26.0. The molecule has 1 fully saturated rings. The van der Waals surface area contributed by atoms with Gasteiger partial charge in [-0.2, -0.15) is 0 Å². The number of amides is 1. The van der Waals surface area contributed by atoms with E-state index >= 15 is 0 Å². The Bertz CT molecular complexity index is 1210. The SMILES string of the molecule is O=C(CCNCCc1ccc(Cl)cc1)N(CCNCCc1ccc(O)c2[nH]c(=O)sc12)C1CCOCC1. The van der Waals surface area contributed by atoms with Crippen LogP contribution in [0, 0.1) is 0 Å². The van der Waals surface area contributed by atoms with Crippen molar-refractivity contribution in [3.8, 4) is 5.75 Å². The van der Waals surface area contributed by atoms with Crippen LogP contribution in [-0.2, 0) is 22.4 Å². The van der Waals surface area contributed by atoms with Crippen LogP contribution in [0.4, 0.5) is 0 Å². The molecule has 1 amide bonds. The molecular formula is C27H35ClN4O4S. The van der Waals surface area contributed by atoms with Gasteiger partial charge in [0.25, 0.3) is 0 Å². The number of aromatic amines is 1. The molecular weight excluding hydrogens is 512 g/mol. The molecule has 1 saturated heterocycles. The molecule has 2 heterocycles. The second-order valence-electron chi connectivity index (χ2n) is 9.27. The fourth-order valence-corrected chi connectivity index (χ4v) is 5.70. The number of rotatable bonds is 13. The number of hydrogen-bond donors (Lipinski definition) is 4. The van der Waals surface area contributed by atoms with Crippen molar-refractivity contribution in [2.24, 2.45) is 0 Å². The molecule has 0 unspecified atom stereocenters. The highest BCUT2D eigenvalue weighted by Crippen LogP contribution is 2.27. The molecule has 0 radical (unpaired) electrons. The summed E-state index contributed by atoms with van der Waals surface area (Å²) in [5, 5.41) is 17.5. The van der Waals surface area contributed by atoms with E-state index in [2.05, 4.69) is 15.6 Å². The third-order valence-corrected chi connectivity index (χ3v) is 7.92. The van der Waals surface area contributed by atoms with Crippen LogP contribution in [0.15, 0.2) is 41.2 Å². The average molecular weight is 547 g/mol. The Labute approximate surface area is 226 Å². The van der Waals surface area contributed by atoms with Crippen LogP contribution in [0.5, 0.6) is 5.75 Å². The first-order valence-electron chi connectivity index (χ1n) is 12.9. The molecule has 2 aromatic carbocycles. The van der Waals surface area contributed by atoms with Gasteiger partial charge in [0.2, 0.25) is 5.91 Å². The Balaban J connectivity index is 1.21. The summed E-state index contributed by atoms with van der Waals surface area (Å²) in [5.74, 6) is 0.264. The predicted molar refractivity (Wildman–Crippen MR) is 149 cm³/mol. The topological polar surface area (TPSA) is 107 Å². The maximum absolute atomic E-state index is 13.1. The second kappa shape index (κ2) is 13.9. The van der Waals surface area contributed by atoms with E-state index in [-0.39, 0.29) is 22.6 Å². The fraction of sp³-hybridized carbons (Fsp3) is 0.481. The van der Waals surface area contributed by atoms with Gasteiger partial charge in [0.05, 0.1) is 4.70 Å². The quantitative estimate of drug-likeness (QED) is 0.245. The molecule has 1 aliphatic rings. The summed E-state index contributed by atoms with van der Waals surface area (Å²) >= 11 is 7.06. The summed E-state index contributed by atoms with van der Waals surface area (Å²) in [7, 11) is 0. The van der Waals surface area contributed by atoms with E-state index in [4.69, 9.17) is 16.3 Å². The van der Waals surface area contributed by atoms with Crippen LogP contribution in [0.25, 0.3) is 10.2 Å². The number of nitrogens with one attached hydrogen (secondary N) is 3. The van der Waals surface area contributed by atoms with Gasteiger partial charge in [-0.1, -0.05) is 41.1 Å². The van der Waals surface area contributed by atoms with Gasteiger partial charge in [-0.05, 0) is 68.1 Å². The standard InChI is InChI=1S/C27H35ClN4O4S/c28-21-4-1-19(2-5-21)7-12-29-14-9-24(34)32(22-10-17-36-18-11-22)16-15-30-13-8-20-3-6-23(33)25-26(20)37-27(35)31-25/h1-6,22,29-30,33H,7-18H2,(H,31,35). The number of halogens is 1. The number of benzene rings is 2. The maximum Gasteiger partial charge on any atom is 0.305 e. The number of aromatic hydroxyl groups is 1. The summed E-state index contributed by atoms with van der Waals surface area (Å²) in [6, 6.07) is 11.5. The Hall–Kier alpha value is -2.43. The minimum absolute atomic E-state index is 0.0927. The van der Waals surface area contributed by atoms with E-state index in [1.165, 1.54) is 5.56 Å². The number of phenolic OH excluding ortho intramolecular Hbond substituents is 1. The van der Waals surface area contributed by atoms with Crippen molar-refractivity contribution in [2.75, 3.05) is 45.9 Å². The maximum atomic E-state index is 13.1. The van der Waals surface area contributed by atoms with Gasteiger partial charge in [-0.25, -0.2) is 0 Å². The average Bonchev–Trinajstić information content (AvgIpc) is 3.31. The molecule has 0 aliphatic carbocycles. The smallest absolute Gasteiger partial charge is 0.305 e. The third kappa shape index (κ3) is 8.02. The van der Waals surface area contributed by atoms with E-state index in [1.807, 2.05) is 35.2 Å². The van der Waals surface area contributed by atoms with E-state index in [1.54, 1.807) is 6.07 Å². The van der Waals surface area contributed by atoms with E-state index in [0.29, 0.717) is 51.3 Å². The number of aromatic nitrogens is 1. The number of carbonyl (C=O) groups is 1. The number of phenols is 1. The van der Waals surface area contributed by atoms with Crippen molar-refractivity contribution in [3.63, 3.8) is 0 Å². The number of carbonyl (C=O) groups excluding carboxylic acids is 1. The van der Waals surface area contributed by atoms with Gasteiger partial charge in [-0.3, -0.25) is 9.59 Å². The van der Waals surface area contributed by atoms with Crippen molar-refractivity contribution in [3.05, 3.63) is 62.2 Å². The van der Waals surface area contributed by atoms with Crippen LogP contribution in [-0.4, -0.2) is 72.9 Å². The highest BCUT2D eigenvalue weighted by Gasteiger charge is 2.25. The molecule has 4 rings (SSSR count). The van der Waals surface area contributed by atoms with Crippen molar-refractivity contribution in [2.45, 2.75) is 38.1 Å². The number of nitrogens with zero attached hydrogens (tertiary/aromatic N) is 1. The van der Waals surface area contributed by atoms with Gasteiger partial charge >= 0.3 is 4.87 Å². The minimum Gasteiger partial charge on any atom is -0.506 e. The summed E-state index contributed by atoms with van der Waals surface area (Å²) < 4.78 is 6.31. The first-order chi connectivity index (χ1) is 18.0. The fourth-order valence-electron chi connectivity index (χ4n) is 4.67. The number of fused-ring (bicyclic) bond motifs is 1. The largest absolute Gasteiger partial charge is 0.506 e. The van der Waals surface area contributed by atoms with Gasteiger partial charge in [0.1, 0.15) is 11.3 Å². The highest BCUT2D eigenvalue weighted by molar-refractivity contribution is 7.16. The monoisotopic (exact) mass is 546 g/mol. The van der Waals surface area contributed by atoms with Gasteiger partial charge in [-0.15, -0.1) is 0 Å². The molecule has 1 aromatic heterocycles. The van der Waals surface area contributed by atoms with Crippen LogP contribution < -0.4 is 15.5 Å². The van der Waals surface area contributed by atoms with Crippen molar-refractivity contribution < 1.29 is 14.6 Å². The molecule has 4 N–H and O–H groups in total. The van der Waals surface area contributed by atoms with E-state index < -0.39 is 0 Å². The zero-order valence-corrected chi connectivity index (χ0v) is 22.5. The molecule has 10 heteroatoms. The number of ether oxygens (including phenoxy) is 1. The molecule has 1 aliphatic heterocycles. The van der Waals surface area contributed by atoms with Crippen LogP contribution in [0.2, 0.25) is 5.02 Å². The lowest BCUT2D eigenvalue weighted by atomic mass is 10.1. The van der Waals surface area contributed by atoms with Crippen molar-refractivity contribution in [1.82, 2.24) is 20.5 Å². The first-order valence-corrected chi connectivity index (χ1v) is 14.1. The van der Waals surface area contributed by atoms with Crippen LogP contribution in [0.1, 0.15) is 30.4 Å². The van der Waals surface area contributed by atoms with Crippen molar-refractivity contribution in [1.29, 1.82) is 0 Å². The lowest BCUT2D eigenvalue weighted by molar-refractivity contribution is -0.135. The predicted octanol–water partition coefficient (Wildman–Crippen LogP) is 3.31. The number of hydrogen-bond acceptors (Lipinski definition) is 7. The molecule has 0 spiro atoms. The lowest BCUT2D eigenvalue weighted by Gasteiger charge is -2.34. The Morgan fingerprint density at radius 2 is 1.78 bits per heavy atom. The molecule has 200 valence electrons. The molecule has 8 nitrogen and oxygen atoms in total. The second-order valence-corrected chi connectivity index (χ2v) is 10.7. The van der Waals surface area contributed by atoms with Gasteiger partial charge in [0.15, 0.2) is 0 Å². The normalized spacial score (nSPS) is 14.3. The van der Waals surface area contributed by atoms with Crippen LogP contribution in [0.3, 0.4) is 0 Å². The first kappa shape index (κ1) is 27.6. The third-order valence-electron chi connectivity index (χ3n) is 6.71. The van der Waals surface area contributed by atoms with E-state index in [9.17, 15) is 14.7 Å². The molecule has 0 bridgehead atoms. The van der Waals surface area contributed by atoms with Crippen molar-refractivity contribution >= 4 is 39.1 Å². The van der Waals surface area contributed by atoms with Crippen LogP contribution >= 0.6 is 22.9 Å². The minimum atomic E-state index is -0.171. The Kier molecular flexibility index (Phi) is 10.4.